The third-order valence-corrected chi connectivity index (χ3v) is 6.94. The summed E-state index contributed by atoms with van der Waals surface area (Å²) in [5.74, 6) is -5.43. The minimum Gasteiger partial charge on any atom is -0.377 e. The number of sulfone groups is 1. The van der Waals surface area contributed by atoms with Crippen molar-refractivity contribution in [3.8, 4) is 0 Å². The van der Waals surface area contributed by atoms with Crippen LogP contribution in [-0.4, -0.2) is 32.3 Å². The topological polar surface area (TPSA) is 72.5 Å². The summed E-state index contributed by atoms with van der Waals surface area (Å²) in [6.07, 6.45) is 0.0803. The van der Waals surface area contributed by atoms with Crippen molar-refractivity contribution in [1.82, 2.24) is 0 Å². The van der Waals surface area contributed by atoms with Crippen molar-refractivity contribution in [3.63, 3.8) is 0 Å². The van der Waals surface area contributed by atoms with Gasteiger partial charge < -0.3 is 10.1 Å². The van der Waals surface area contributed by atoms with Crippen LogP contribution in [-0.2, 0) is 14.6 Å². The van der Waals surface area contributed by atoms with Gasteiger partial charge in [0.2, 0.25) is 0 Å². The van der Waals surface area contributed by atoms with Gasteiger partial charge in [-0.15, -0.1) is 0 Å². The molecule has 0 radical (unpaired) electrons. The lowest BCUT2D eigenvalue weighted by Crippen LogP contribution is -2.23. The number of nitrogens with one attached hydrogen (secondary N) is 1. The van der Waals surface area contributed by atoms with E-state index in [4.69, 9.17) is 16.3 Å². The van der Waals surface area contributed by atoms with Gasteiger partial charge in [-0.1, -0.05) is 11.6 Å². The van der Waals surface area contributed by atoms with Gasteiger partial charge in [0.1, 0.15) is 0 Å². The lowest BCUT2D eigenvalue weighted by Gasteiger charge is -2.13. The van der Waals surface area contributed by atoms with Crippen LogP contribution in [0.25, 0.3) is 0 Å². The second kappa shape index (κ2) is 7.73. The van der Waals surface area contributed by atoms with E-state index in [1.54, 1.807) is 6.92 Å². The number of hydrogen-bond donors (Lipinski definition) is 1. The molecule has 1 fully saturated rings. The molecule has 1 aliphatic heterocycles. The summed E-state index contributed by atoms with van der Waals surface area (Å²) in [7, 11) is -3.86. The van der Waals surface area contributed by atoms with Crippen LogP contribution in [0.1, 0.15) is 23.7 Å². The second-order valence-electron chi connectivity index (χ2n) is 6.40. The molecule has 0 spiro atoms. The molecule has 1 saturated heterocycles. The van der Waals surface area contributed by atoms with E-state index in [0.29, 0.717) is 18.6 Å². The molecular formula is C18H15ClF3NO4S. The molecule has 2 aromatic carbocycles. The molecule has 0 aliphatic carbocycles. The molecule has 10 heteroatoms. The maximum absolute atomic E-state index is 13.3. The van der Waals surface area contributed by atoms with Crippen molar-refractivity contribution in [2.75, 3.05) is 11.9 Å². The van der Waals surface area contributed by atoms with Gasteiger partial charge in [0.05, 0.1) is 27.9 Å². The number of anilines is 1. The lowest BCUT2D eigenvalue weighted by molar-refractivity contribution is 0.102. The maximum Gasteiger partial charge on any atom is 0.255 e. The predicted octanol–water partition coefficient (Wildman–Crippen LogP) is 3.96. The van der Waals surface area contributed by atoms with Crippen LogP contribution in [0.2, 0.25) is 5.02 Å². The fourth-order valence-corrected chi connectivity index (χ4v) is 5.08. The predicted molar refractivity (Wildman–Crippen MR) is 96.7 cm³/mol. The van der Waals surface area contributed by atoms with Gasteiger partial charge in [-0.05, 0) is 31.5 Å². The first-order chi connectivity index (χ1) is 13.1. The number of benzene rings is 2. The summed E-state index contributed by atoms with van der Waals surface area (Å²) in [5.41, 5.74) is -0.418. The van der Waals surface area contributed by atoms with Crippen molar-refractivity contribution < 1.29 is 31.1 Å². The zero-order valence-corrected chi connectivity index (χ0v) is 16.1. The number of rotatable bonds is 4. The monoisotopic (exact) mass is 433 g/mol. The molecule has 150 valence electrons. The Balaban J connectivity index is 1.90. The smallest absolute Gasteiger partial charge is 0.255 e. The lowest BCUT2D eigenvalue weighted by atomic mass is 10.2. The number of halogens is 4. The third kappa shape index (κ3) is 4.01. The molecule has 0 bridgehead atoms. The van der Waals surface area contributed by atoms with E-state index in [2.05, 4.69) is 5.32 Å². The van der Waals surface area contributed by atoms with Crippen molar-refractivity contribution in [3.05, 3.63) is 58.4 Å². The Labute approximate surface area is 164 Å². The van der Waals surface area contributed by atoms with Crippen molar-refractivity contribution >= 4 is 33.0 Å². The molecule has 28 heavy (non-hydrogen) atoms. The summed E-state index contributed by atoms with van der Waals surface area (Å²) in [6, 6.07) is 4.82. The minimum atomic E-state index is -3.86. The largest absolute Gasteiger partial charge is 0.377 e. The van der Waals surface area contributed by atoms with Crippen LogP contribution >= 0.6 is 11.6 Å². The van der Waals surface area contributed by atoms with Crippen molar-refractivity contribution in [1.29, 1.82) is 0 Å². The molecule has 0 saturated carbocycles. The molecule has 2 atom stereocenters. The summed E-state index contributed by atoms with van der Waals surface area (Å²) in [6.45, 7) is 1.77. The molecule has 0 unspecified atom stereocenters. The molecule has 1 N–H and O–H groups in total. The fourth-order valence-electron chi connectivity index (χ4n) is 2.87. The highest BCUT2D eigenvalue weighted by Crippen LogP contribution is 2.31. The summed E-state index contributed by atoms with van der Waals surface area (Å²) in [4.78, 5) is 12.1. The summed E-state index contributed by atoms with van der Waals surface area (Å²) in [5, 5.41) is 1.34. The summed E-state index contributed by atoms with van der Waals surface area (Å²) >= 11 is 6.03. The van der Waals surface area contributed by atoms with Crippen LogP contribution in [0, 0.1) is 17.5 Å². The van der Waals surface area contributed by atoms with E-state index in [0.717, 1.165) is 6.07 Å². The van der Waals surface area contributed by atoms with Crippen LogP contribution < -0.4 is 5.32 Å². The number of carbonyl (C=O) groups excluding carboxylic acids is 1. The van der Waals surface area contributed by atoms with E-state index in [1.165, 1.54) is 12.1 Å². The van der Waals surface area contributed by atoms with Gasteiger partial charge in [0, 0.05) is 23.4 Å². The Bertz CT molecular complexity index is 1020. The van der Waals surface area contributed by atoms with Crippen molar-refractivity contribution in [2.45, 2.75) is 29.6 Å². The fraction of sp³-hybridized carbons (Fsp3) is 0.278. The van der Waals surface area contributed by atoms with E-state index in [-0.39, 0.29) is 33.9 Å². The Morgan fingerprint density at radius 2 is 1.82 bits per heavy atom. The SMILES string of the molecule is C[C@H]1C[C@H](S(=O)(=O)c2cc(C(=O)Nc3cc(F)c(F)c(F)c3)ccc2Cl)CO1. The van der Waals surface area contributed by atoms with Crippen LogP contribution in [0.5, 0.6) is 0 Å². The van der Waals surface area contributed by atoms with E-state index in [9.17, 15) is 26.4 Å². The molecule has 0 aromatic heterocycles. The van der Waals surface area contributed by atoms with Crippen molar-refractivity contribution in [2.24, 2.45) is 0 Å². The van der Waals surface area contributed by atoms with Gasteiger partial charge in [-0.3, -0.25) is 4.79 Å². The van der Waals surface area contributed by atoms with Gasteiger partial charge in [-0.2, -0.15) is 0 Å². The first-order valence-electron chi connectivity index (χ1n) is 8.20. The quantitative estimate of drug-likeness (QED) is 0.741. The minimum absolute atomic E-state index is 0.0182. The van der Waals surface area contributed by atoms with Gasteiger partial charge in [0.15, 0.2) is 27.3 Å². The van der Waals surface area contributed by atoms with Gasteiger partial charge in [-0.25, -0.2) is 21.6 Å². The van der Waals surface area contributed by atoms with E-state index in [1.807, 2.05) is 0 Å². The average molecular weight is 434 g/mol. The summed E-state index contributed by atoms with van der Waals surface area (Å²) < 4.78 is 70.6. The zero-order chi connectivity index (χ0) is 20.6. The zero-order valence-electron chi connectivity index (χ0n) is 14.5. The maximum atomic E-state index is 13.3. The molecule has 1 amide bonds. The standard InChI is InChI=1S/C18H15ClF3NO4S/c1-9-4-12(8-27-9)28(25,26)16-5-10(2-3-13(16)19)18(24)23-11-6-14(20)17(22)15(21)7-11/h2-3,5-7,9,12H,4,8H2,1H3,(H,23,24)/t9-,12-/m0/s1. The number of amides is 1. The van der Waals surface area contributed by atoms with Crippen LogP contribution in [0.15, 0.2) is 35.2 Å². The Hall–Kier alpha value is -2.10. The van der Waals surface area contributed by atoms with Crippen LogP contribution in [0.3, 0.4) is 0 Å². The van der Waals surface area contributed by atoms with E-state index < -0.39 is 38.4 Å². The number of hydrogen-bond acceptors (Lipinski definition) is 4. The number of ether oxygens (including phenoxy) is 1. The Morgan fingerprint density at radius 1 is 1.18 bits per heavy atom. The third-order valence-electron chi connectivity index (χ3n) is 4.34. The highest BCUT2D eigenvalue weighted by molar-refractivity contribution is 7.92. The van der Waals surface area contributed by atoms with Crippen LogP contribution in [0.4, 0.5) is 18.9 Å². The molecular weight excluding hydrogens is 419 g/mol. The highest BCUT2D eigenvalue weighted by Gasteiger charge is 2.36. The number of carbonyl (C=O) groups is 1. The highest BCUT2D eigenvalue weighted by atomic mass is 35.5. The molecule has 3 rings (SSSR count). The molecule has 1 heterocycles. The molecule has 2 aromatic rings. The molecule has 1 aliphatic rings. The van der Waals surface area contributed by atoms with Gasteiger partial charge in [0.25, 0.3) is 5.91 Å². The Kier molecular flexibility index (Phi) is 5.69. The Morgan fingerprint density at radius 3 is 2.39 bits per heavy atom. The average Bonchev–Trinajstić information content (AvgIpc) is 3.07. The normalized spacial score (nSPS) is 19.6. The first kappa shape index (κ1) is 20.6. The van der Waals surface area contributed by atoms with Gasteiger partial charge >= 0.3 is 0 Å². The second-order valence-corrected chi connectivity index (χ2v) is 9.00. The molecule has 5 nitrogen and oxygen atoms in total. The van der Waals surface area contributed by atoms with E-state index >= 15 is 0 Å². The first-order valence-corrected chi connectivity index (χ1v) is 10.1.